The van der Waals surface area contributed by atoms with Crippen LogP contribution in [0.5, 0.6) is 0 Å². The van der Waals surface area contributed by atoms with Gasteiger partial charge in [0.15, 0.2) is 0 Å². The zero-order valence-electron chi connectivity index (χ0n) is 6.91. The Morgan fingerprint density at radius 3 is 2.18 bits per heavy atom. The molecule has 0 aliphatic carbocycles. The highest BCUT2D eigenvalue weighted by molar-refractivity contribution is 4.54. The van der Waals surface area contributed by atoms with Gasteiger partial charge in [0, 0.05) is 6.42 Å². The molecule has 0 aromatic carbocycles. The Morgan fingerprint density at radius 1 is 1.27 bits per heavy atom. The number of halogens is 3. The molecule has 0 rings (SSSR count). The molecule has 0 atom stereocenters. The molecular weight excluding hydrogens is 155 g/mol. The van der Waals surface area contributed by atoms with E-state index in [1.54, 1.807) is 0 Å². The summed E-state index contributed by atoms with van der Waals surface area (Å²) in [6.07, 6.45) is -4.46. The van der Waals surface area contributed by atoms with Gasteiger partial charge in [-0.15, -0.1) is 0 Å². The first-order chi connectivity index (χ1) is 4.95. The van der Waals surface area contributed by atoms with Gasteiger partial charge in [0.05, 0.1) is 0 Å². The monoisotopic (exact) mass is 169 g/mol. The van der Waals surface area contributed by atoms with Crippen LogP contribution < -0.4 is 0 Å². The van der Waals surface area contributed by atoms with Crippen LogP contribution in [0.15, 0.2) is 0 Å². The van der Waals surface area contributed by atoms with Crippen LogP contribution in [0, 0.1) is 0 Å². The molecule has 68 valence electrons. The van der Waals surface area contributed by atoms with Crippen LogP contribution in [0.4, 0.5) is 13.2 Å². The lowest BCUT2D eigenvalue weighted by Gasteiger charge is -2.13. The molecule has 0 radical (unpaired) electrons. The van der Waals surface area contributed by atoms with Crippen molar-refractivity contribution >= 4 is 0 Å². The Kier molecular flexibility index (Phi) is 4.49. The summed E-state index contributed by atoms with van der Waals surface area (Å²) >= 11 is 0. The Bertz CT molecular complexity index is 100. The van der Waals surface area contributed by atoms with Crippen molar-refractivity contribution in [1.29, 1.82) is 0 Å². The van der Waals surface area contributed by atoms with Crippen LogP contribution in [0.3, 0.4) is 0 Å². The van der Waals surface area contributed by atoms with Crippen LogP contribution in [-0.2, 0) is 0 Å². The van der Waals surface area contributed by atoms with E-state index in [0.29, 0.717) is 6.54 Å². The minimum atomic E-state index is -3.99. The van der Waals surface area contributed by atoms with Crippen LogP contribution in [0.25, 0.3) is 0 Å². The van der Waals surface area contributed by atoms with Gasteiger partial charge in [-0.3, -0.25) is 0 Å². The molecule has 0 unspecified atom stereocenters. The predicted molar refractivity (Wildman–Crippen MR) is 38.5 cm³/mol. The molecular formula is C7H14F3N. The highest BCUT2D eigenvalue weighted by Gasteiger charge is 2.25. The Labute approximate surface area is 65.2 Å². The fourth-order valence-electron chi connectivity index (χ4n) is 0.708. The van der Waals surface area contributed by atoms with Crippen molar-refractivity contribution in [3.05, 3.63) is 0 Å². The standard InChI is InChI=1S/C7H14F3N/c1-3-11(2)6-4-5-7(8,9)10/h3-6H2,1-2H3. The van der Waals surface area contributed by atoms with Crippen molar-refractivity contribution < 1.29 is 13.2 Å². The van der Waals surface area contributed by atoms with E-state index in [4.69, 9.17) is 0 Å². The van der Waals surface area contributed by atoms with Crippen molar-refractivity contribution in [3.8, 4) is 0 Å². The third-order valence-corrected chi connectivity index (χ3v) is 1.54. The molecule has 11 heavy (non-hydrogen) atoms. The zero-order valence-corrected chi connectivity index (χ0v) is 6.91. The maximum atomic E-state index is 11.6. The van der Waals surface area contributed by atoms with E-state index in [2.05, 4.69) is 0 Å². The molecule has 0 aliphatic rings. The van der Waals surface area contributed by atoms with E-state index in [-0.39, 0.29) is 6.42 Å². The molecule has 0 spiro atoms. The molecule has 0 saturated carbocycles. The van der Waals surface area contributed by atoms with E-state index < -0.39 is 12.6 Å². The van der Waals surface area contributed by atoms with Gasteiger partial charge in [-0.05, 0) is 26.6 Å². The van der Waals surface area contributed by atoms with Crippen LogP contribution in [0.2, 0.25) is 0 Å². The average molecular weight is 169 g/mol. The van der Waals surface area contributed by atoms with Crippen molar-refractivity contribution in [2.24, 2.45) is 0 Å². The van der Waals surface area contributed by atoms with Gasteiger partial charge in [-0.25, -0.2) is 0 Å². The molecule has 0 fully saturated rings. The van der Waals surface area contributed by atoms with E-state index in [0.717, 1.165) is 6.54 Å². The van der Waals surface area contributed by atoms with Gasteiger partial charge in [0.1, 0.15) is 0 Å². The second kappa shape index (κ2) is 4.59. The lowest BCUT2D eigenvalue weighted by Crippen LogP contribution is -2.20. The van der Waals surface area contributed by atoms with Crippen molar-refractivity contribution in [3.63, 3.8) is 0 Å². The molecule has 4 heteroatoms. The third kappa shape index (κ3) is 7.65. The maximum Gasteiger partial charge on any atom is 0.389 e. The summed E-state index contributed by atoms with van der Waals surface area (Å²) in [4.78, 5) is 1.87. The van der Waals surface area contributed by atoms with Gasteiger partial charge >= 0.3 is 6.18 Å². The number of rotatable bonds is 4. The molecule has 0 aliphatic heterocycles. The quantitative estimate of drug-likeness (QED) is 0.624. The predicted octanol–water partition coefficient (Wildman–Crippen LogP) is 2.28. The smallest absolute Gasteiger partial charge is 0.307 e. The van der Waals surface area contributed by atoms with E-state index in [1.807, 2.05) is 18.9 Å². The van der Waals surface area contributed by atoms with Crippen molar-refractivity contribution in [2.45, 2.75) is 25.9 Å². The first-order valence-corrected chi connectivity index (χ1v) is 3.71. The summed E-state index contributed by atoms with van der Waals surface area (Å²) in [6.45, 7) is 3.25. The molecule has 1 nitrogen and oxygen atoms in total. The summed E-state index contributed by atoms with van der Waals surface area (Å²) < 4.78 is 34.8. The largest absolute Gasteiger partial charge is 0.389 e. The second-order valence-electron chi connectivity index (χ2n) is 2.61. The maximum absolute atomic E-state index is 11.6. The summed E-state index contributed by atoms with van der Waals surface area (Å²) in [5.74, 6) is 0. The highest BCUT2D eigenvalue weighted by atomic mass is 19.4. The van der Waals surface area contributed by atoms with Crippen LogP contribution >= 0.6 is 0 Å². The van der Waals surface area contributed by atoms with Gasteiger partial charge < -0.3 is 4.90 Å². The van der Waals surface area contributed by atoms with Crippen molar-refractivity contribution in [2.75, 3.05) is 20.1 Å². The zero-order chi connectivity index (χ0) is 8.91. The fourth-order valence-corrected chi connectivity index (χ4v) is 0.708. The van der Waals surface area contributed by atoms with Crippen molar-refractivity contribution in [1.82, 2.24) is 4.90 Å². The van der Waals surface area contributed by atoms with E-state index >= 15 is 0 Å². The number of alkyl halides is 3. The first kappa shape index (κ1) is 10.8. The van der Waals surface area contributed by atoms with Crippen LogP contribution in [-0.4, -0.2) is 31.2 Å². The molecule has 0 aromatic heterocycles. The molecule has 0 heterocycles. The number of hydrogen-bond acceptors (Lipinski definition) is 1. The summed E-state index contributed by atoms with van der Waals surface area (Å²) in [7, 11) is 1.82. The topological polar surface area (TPSA) is 3.24 Å². The normalized spacial score (nSPS) is 12.5. The SMILES string of the molecule is CCN(C)CCCC(F)(F)F. The minimum absolute atomic E-state index is 0.202. The Balaban J connectivity index is 3.28. The lowest BCUT2D eigenvalue weighted by molar-refractivity contribution is -0.136. The van der Waals surface area contributed by atoms with Gasteiger partial charge in [-0.2, -0.15) is 13.2 Å². The summed E-state index contributed by atoms with van der Waals surface area (Å²) in [5.41, 5.74) is 0. The number of nitrogens with zero attached hydrogens (tertiary/aromatic N) is 1. The summed E-state index contributed by atoms with van der Waals surface area (Å²) in [6, 6.07) is 0. The molecule has 0 N–H and O–H groups in total. The van der Waals surface area contributed by atoms with Gasteiger partial charge in [0.2, 0.25) is 0 Å². The highest BCUT2D eigenvalue weighted by Crippen LogP contribution is 2.21. The third-order valence-electron chi connectivity index (χ3n) is 1.54. The second-order valence-corrected chi connectivity index (χ2v) is 2.61. The molecule has 0 saturated heterocycles. The Morgan fingerprint density at radius 2 is 1.82 bits per heavy atom. The van der Waals surface area contributed by atoms with E-state index in [1.165, 1.54) is 0 Å². The number of hydrogen-bond donors (Lipinski definition) is 0. The molecule has 0 amide bonds. The molecule has 0 aromatic rings. The van der Waals surface area contributed by atoms with Gasteiger partial charge in [0.25, 0.3) is 0 Å². The molecule has 0 bridgehead atoms. The Hall–Kier alpha value is -0.250. The first-order valence-electron chi connectivity index (χ1n) is 3.71. The van der Waals surface area contributed by atoms with Gasteiger partial charge in [-0.1, -0.05) is 6.92 Å². The van der Waals surface area contributed by atoms with E-state index in [9.17, 15) is 13.2 Å². The van der Waals surface area contributed by atoms with Crippen LogP contribution in [0.1, 0.15) is 19.8 Å². The minimum Gasteiger partial charge on any atom is -0.307 e. The lowest BCUT2D eigenvalue weighted by atomic mass is 10.3. The summed E-state index contributed by atoms with van der Waals surface area (Å²) in [5, 5.41) is 0. The average Bonchev–Trinajstić information content (AvgIpc) is 1.85. The fraction of sp³-hybridized carbons (Fsp3) is 1.00.